The molecule has 7 heteroatoms. The number of nitrogens with one attached hydrogen (secondary N) is 2. The van der Waals surface area contributed by atoms with Crippen LogP contribution in [0.25, 0.3) is 0 Å². The maximum Gasteiger partial charge on any atom is 0.224 e. The zero-order chi connectivity index (χ0) is 17.4. The quantitative estimate of drug-likeness (QED) is 0.666. The maximum absolute atomic E-state index is 11.8. The molecule has 0 unspecified atom stereocenters. The largest absolute Gasteiger partial charge is 0.489 e. The molecule has 1 aromatic heterocycles. The fourth-order valence-electron chi connectivity index (χ4n) is 2.28. The average Bonchev–Trinajstić information content (AvgIpc) is 2.89. The van der Waals surface area contributed by atoms with Gasteiger partial charge in [0.1, 0.15) is 18.1 Å². The summed E-state index contributed by atoms with van der Waals surface area (Å²) in [4.78, 5) is 11.8. The van der Waals surface area contributed by atoms with E-state index in [1.54, 1.807) is 0 Å². The van der Waals surface area contributed by atoms with Crippen molar-refractivity contribution in [3.05, 3.63) is 46.8 Å². The fourth-order valence-corrected chi connectivity index (χ4v) is 2.28. The van der Waals surface area contributed by atoms with Gasteiger partial charge >= 0.3 is 0 Å². The van der Waals surface area contributed by atoms with Crippen LogP contribution < -0.4 is 15.4 Å². The van der Waals surface area contributed by atoms with Crippen LogP contribution in [0.15, 0.2) is 28.8 Å². The van der Waals surface area contributed by atoms with Crippen molar-refractivity contribution in [1.82, 2.24) is 15.8 Å². The lowest BCUT2D eigenvalue weighted by Gasteiger charge is -2.08. The lowest BCUT2D eigenvalue weighted by Crippen LogP contribution is -2.32. The molecule has 0 bridgehead atoms. The zero-order valence-electron chi connectivity index (χ0n) is 14.9. The van der Waals surface area contributed by atoms with E-state index < -0.39 is 0 Å². The van der Waals surface area contributed by atoms with Gasteiger partial charge in [-0.15, -0.1) is 12.4 Å². The number of carbonyl (C=O) groups is 1. The lowest BCUT2D eigenvalue weighted by atomic mass is 10.1. The summed E-state index contributed by atoms with van der Waals surface area (Å²) in [6, 6.07) is 7.57. The highest BCUT2D eigenvalue weighted by atomic mass is 35.5. The Morgan fingerprint density at radius 2 is 1.92 bits per heavy atom. The molecule has 0 aliphatic carbocycles. The predicted molar refractivity (Wildman–Crippen MR) is 99.3 cm³/mol. The Labute approximate surface area is 154 Å². The van der Waals surface area contributed by atoms with Gasteiger partial charge in [-0.25, -0.2) is 0 Å². The topological polar surface area (TPSA) is 76.4 Å². The fraction of sp³-hybridized carbons (Fsp3) is 0.444. The molecule has 138 valence electrons. The lowest BCUT2D eigenvalue weighted by molar-refractivity contribution is -0.120. The molecule has 0 aliphatic rings. The molecule has 1 amide bonds. The first-order valence-corrected chi connectivity index (χ1v) is 8.21. The number of amides is 1. The molecule has 1 aromatic carbocycles. The number of aromatic nitrogens is 1. The third kappa shape index (κ3) is 6.76. The van der Waals surface area contributed by atoms with E-state index in [0.717, 1.165) is 41.4 Å². The molecular weight excluding hydrogens is 342 g/mol. The summed E-state index contributed by atoms with van der Waals surface area (Å²) in [6.45, 7) is 8.57. The Bertz CT molecular complexity index is 637. The number of hydrogen-bond acceptors (Lipinski definition) is 5. The van der Waals surface area contributed by atoms with Crippen LogP contribution in [0.1, 0.15) is 29.5 Å². The number of hydrogen-bond donors (Lipinski definition) is 2. The normalized spacial score (nSPS) is 10.2. The van der Waals surface area contributed by atoms with Crippen LogP contribution in [-0.4, -0.2) is 30.7 Å². The van der Waals surface area contributed by atoms with Crippen molar-refractivity contribution in [2.45, 2.75) is 33.8 Å². The summed E-state index contributed by atoms with van der Waals surface area (Å²) >= 11 is 0. The molecule has 0 fully saturated rings. The van der Waals surface area contributed by atoms with E-state index in [4.69, 9.17) is 9.26 Å². The van der Waals surface area contributed by atoms with Gasteiger partial charge in [-0.1, -0.05) is 24.2 Å². The Morgan fingerprint density at radius 1 is 1.20 bits per heavy atom. The Morgan fingerprint density at radius 3 is 2.52 bits per heavy atom. The van der Waals surface area contributed by atoms with Crippen LogP contribution in [0.5, 0.6) is 5.75 Å². The molecule has 0 spiro atoms. The Kier molecular flexibility index (Phi) is 9.02. The zero-order valence-corrected chi connectivity index (χ0v) is 15.7. The average molecular weight is 368 g/mol. The first-order valence-electron chi connectivity index (χ1n) is 8.21. The minimum atomic E-state index is 0. The smallest absolute Gasteiger partial charge is 0.224 e. The number of ether oxygens (including phenoxy) is 1. The molecule has 25 heavy (non-hydrogen) atoms. The van der Waals surface area contributed by atoms with Gasteiger partial charge < -0.3 is 19.9 Å². The van der Waals surface area contributed by atoms with Gasteiger partial charge in [0.25, 0.3) is 0 Å². The van der Waals surface area contributed by atoms with Crippen molar-refractivity contribution in [1.29, 1.82) is 0 Å². The first-order chi connectivity index (χ1) is 11.6. The van der Waals surface area contributed by atoms with Crippen LogP contribution in [0.2, 0.25) is 0 Å². The molecule has 1 heterocycles. The van der Waals surface area contributed by atoms with Gasteiger partial charge in [0.2, 0.25) is 5.91 Å². The van der Waals surface area contributed by atoms with Gasteiger partial charge in [-0.2, -0.15) is 0 Å². The van der Waals surface area contributed by atoms with Crippen LogP contribution in [0, 0.1) is 13.8 Å². The molecule has 0 saturated carbocycles. The van der Waals surface area contributed by atoms with Gasteiger partial charge in [0.05, 0.1) is 17.7 Å². The third-order valence-electron chi connectivity index (χ3n) is 3.73. The molecule has 6 nitrogen and oxygen atoms in total. The van der Waals surface area contributed by atoms with Gasteiger partial charge in [0.15, 0.2) is 0 Å². The molecule has 0 radical (unpaired) electrons. The number of likely N-dealkylation sites (N-methyl/N-ethyl adjacent to an activating group) is 1. The van der Waals surface area contributed by atoms with Crippen molar-refractivity contribution in [3.63, 3.8) is 0 Å². The van der Waals surface area contributed by atoms with Crippen LogP contribution in [0.3, 0.4) is 0 Å². The second-order valence-electron chi connectivity index (χ2n) is 5.62. The van der Waals surface area contributed by atoms with Crippen molar-refractivity contribution in [3.8, 4) is 5.75 Å². The number of carbonyl (C=O) groups excluding carboxylic acids is 1. The van der Waals surface area contributed by atoms with Gasteiger partial charge in [-0.3, -0.25) is 4.79 Å². The number of benzene rings is 1. The van der Waals surface area contributed by atoms with Crippen LogP contribution in [-0.2, 0) is 17.8 Å². The molecule has 0 saturated heterocycles. The van der Waals surface area contributed by atoms with Crippen molar-refractivity contribution < 1.29 is 14.1 Å². The van der Waals surface area contributed by atoms with E-state index >= 15 is 0 Å². The van der Waals surface area contributed by atoms with Gasteiger partial charge in [-0.05, 0) is 38.1 Å². The Balaban J connectivity index is 0.00000312. The minimum Gasteiger partial charge on any atom is -0.489 e. The molecule has 2 rings (SSSR count). The predicted octanol–water partition coefficient (Wildman–Crippen LogP) is 2.56. The molecule has 2 aromatic rings. The number of nitrogens with zero attached hydrogens (tertiary/aromatic N) is 1. The molecule has 2 N–H and O–H groups in total. The van der Waals surface area contributed by atoms with E-state index in [9.17, 15) is 4.79 Å². The summed E-state index contributed by atoms with van der Waals surface area (Å²) < 4.78 is 10.9. The Hall–Kier alpha value is -2.05. The summed E-state index contributed by atoms with van der Waals surface area (Å²) in [5, 5.41) is 9.96. The van der Waals surface area contributed by atoms with E-state index in [1.165, 1.54) is 0 Å². The molecular formula is C18H26ClN3O3. The first kappa shape index (κ1) is 21.0. The van der Waals surface area contributed by atoms with E-state index in [2.05, 4.69) is 15.8 Å². The number of aryl methyl sites for hydroxylation is 2. The summed E-state index contributed by atoms with van der Waals surface area (Å²) in [5.41, 5.74) is 2.78. The maximum atomic E-state index is 11.8. The number of rotatable bonds is 9. The summed E-state index contributed by atoms with van der Waals surface area (Å²) in [5.74, 6) is 1.56. The van der Waals surface area contributed by atoms with Crippen molar-refractivity contribution in [2.75, 3.05) is 19.6 Å². The molecule has 0 aliphatic heterocycles. The highest BCUT2D eigenvalue weighted by Gasteiger charge is 2.09. The minimum absolute atomic E-state index is 0. The third-order valence-corrected chi connectivity index (χ3v) is 3.73. The van der Waals surface area contributed by atoms with E-state index in [1.807, 2.05) is 45.0 Å². The monoisotopic (exact) mass is 367 g/mol. The summed E-state index contributed by atoms with van der Waals surface area (Å²) in [6.07, 6.45) is 0.371. The van der Waals surface area contributed by atoms with Gasteiger partial charge in [0, 0.05) is 13.1 Å². The molecule has 0 atom stereocenters. The van der Waals surface area contributed by atoms with Crippen molar-refractivity contribution >= 4 is 18.3 Å². The highest BCUT2D eigenvalue weighted by molar-refractivity contribution is 5.85. The number of halogens is 1. The van der Waals surface area contributed by atoms with Crippen molar-refractivity contribution in [2.24, 2.45) is 0 Å². The SMILES string of the molecule is CCNCCNC(=O)Cc1ccc(OCc2c(C)noc2C)cc1.Cl. The second-order valence-corrected chi connectivity index (χ2v) is 5.62. The standard InChI is InChI=1S/C18H25N3O3.ClH/c1-4-19-9-10-20-18(22)11-15-5-7-16(8-6-15)23-12-17-13(2)21-24-14(17)3;/h5-8,19H,4,9-12H2,1-3H3,(H,20,22);1H. The second kappa shape index (κ2) is 10.7. The van der Waals surface area contributed by atoms with E-state index in [-0.39, 0.29) is 18.3 Å². The summed E-state index contributed by atoms with van der Waals surface area (Å²) in [7, 11) is 0. The van der Waals surface area contributed by atoms with Crippen LogP contribution >= 0.6 is 12.4 Å². The van der Waals surface area contributed by atoms with E-state index in [0.29, 0.717) is 19.6 Å². The highest BCUT2D eigenvalue weighted by Crippen LogP contribution is 2.18. The van der Waals surface area contributed by atoms with Crippen LogP contribution in [0.4, 0.5) is 0 Å².